The molecule has 3 aromatic rings. The average Bonchev–Trinajstić information content (AvgIpc) is 3.08. The molecule has 0 amide bonds. The molecule has 2 heterocycles. The minimum atomic E-state index is -4.79. The lowest BCUT2D eigenvalue weighted by atomic mass is 10.1. The van der Waals surface area contributed by atoms with Crippen LogP contribution in [0.5, 0.6) is 0 Å². The standard InChI is InChI=1S/C17H14F6N6O/c1-9-4-10(12-7-29(28-27-12)8-14(30)17(21,22)23)6-11(5-9)25-15-24-3-2-13(26-15)16(18,19)20/h2-7,14,30H,8H2,1H3,(H,24,25,26). The van der Waals surface area contributed by atoms with Gasteiger partial charge in [-0.15, -0.1) is 5.10 Å². The fraction of sp³-hybridized carbons (Fsp3) is 0.294. The fourth-order valence-corrected chi connectivity index (χ4v) is 2.51. The Bertz CT molecular complexity index is 1030. The van der Waals surface area contributed by atoms with Crippen molar-refractivity contribution in [3.05, 3.63) is 47.9 Å². The number of aryl methyl sites for hydroxylation is 1. The third-order valence-electron chi connectivity index (χ3n) is 3.85. The van der Waals surface area contributed by atoms with Gasteiger partial charge in [-0.3, -0.25) is 0 Å². The van der Waals surface area contributed by atoms with Crippen LogP contribution >= 0.6 is 0 Å². The maximum atomic E-state index is 12.8. The van der Waals surface area contributed by atoms with Gasteiger partial charge in [0.1, 0.15) is 11.4 Å². The van der Waals surface area contributed by atoms with Gasteiger partial charge in [-0.25, -0.2) is 14.6 Å². The van der Waals surface area contributed by atoms with E-state index >= 15 is 0 Å². The molecule has 7 nitrogen and oxygen atoms in total. The number of nitrogens with one attached hydrogen (secondary N) is 1. The van der Waals surface area contributed by atoms with Crippen molar-refractivity contribution in [2.75, 3.05) is 5.32 Å². The fourth-order valence-electron chi connectivity index (χ4n) is 2.51. The number of alkyl halides is 6. The Morgan fingerprint density at radius 3 is 2.53 bits per heavy atom. The summed E-state index contributed by atoms with van der Waals surface area (Å²) in [6.07, 6.45) is -9.84. The van der Waals surface area contributed by atoms with Gasteiger partial charge in [0.05, 0.1) is 12.7 Å². The van der Waals surface area contributed by atoms with E-state index in [1.54, 1.807) is 19.1 Å². The van der Waals surface area contributed by atoms with Crippen molar-refractivity contribution in [3.8, 4) is 11.3 Å². The van der Waals surface area contributed by atoms with E-state index in [1.807, 2.05) is 0 Å². The topological polar surface area (TPSA) is 88.8 Å². The molecule has 0 fully saturated rings. The zero-order valence-corrected chi connectivity index (χ0v) is 15.2. The lowest BCUT2D eigenvalue weighted by molar-refractivity contribution is -0.208. The quantitative estimate of drug-likeness (QED) is 0.598. The van der Waals surface area contributed by atoms with E-state index in [4.69, 9.17) is 5.11 Å². The number of nitrogens with zero attached hydrogens (tertiary/aromatic N) is 5. The molecule has 1 aromatic carbocycles. The van der Waals surface area contributed by atoms with Crippen molar-refractivity contribution in [1.29, 1.82) is 0 Å². The summed E-state index contributed by atoms with van der Waals surface area (Å²) < 4.78 is 76.7. The molecule has 0 aliphatic carbocycles. The van der Waals surface area contributed by atoms with Gasteiger partial charge in [0.25, 0.3) is 0 Å². The highest BCUT2D eigenvalue weighted by molar-refractivity contribution is 5.68. The van der Waals surface area contributed by atoms with Crippen LogP contribution in [0.15, 0.2) is 36.7 Å². The number of aliphatic hydroxyl groups excluding tert-OH is 1. The van der Waals surface area contributed by atoms with Gasteiger partial charge in [-0.05, 0) is 36.8 Å². The summed E-state index contributed by atoms with van der Waals surface area (Å²) in [7, 11) is 0. The molecule has 13 heteroatoms. The van der Waals surface area contributed by atoms with Crippen molar-refractivity contribution in [3.63, 3.8) is 0 Å². The molecule has 0 spiro atoms. The number of halogens is 6. The molecule has 0 radical (unpaired) electrons. The summed E-state index contributed by atoms with van der Waals surface area (Å²) >= 11 is 0. The number of hydrogen-bond acceptors (Lipinski definition) is 6. The molecule has 0 saturated carbocycles. The summed E-state index contributed by atoms with van der Waals surface area (Å²) in [5, 5.41) is 19.1. The molecule has 1 atom stereocenters. The van der Waals surface area contributed by atoms with Crippen LogP contribution in [0.1, 0.15) is 11.3 Å². The molecule has 1 unspecified atom stereocenters. The van der Waals surface area contributed by atoms with E-state index in [2.05, 4.69) is 25.6 Å². The van der Waals surface area contributed by atoms with Crippen LogP contribution in [0.2, 0.25) is 0 Å². The van der Waals surface area contributed by atoms with Crippen LogP contribution in [0.3, 0.4) is 0 Å². The second-order valence-corrected chi connectivity index (χ2v) is 6.36. The van der Waals surface area contributed by atoms with Crippen molar-refractivity contribution in [2.24, 2.45) is 0 Å². The molecule has 30 heavy (non-hydrogen) atoms. The minimum absolute atomic E-state index is 0.209. The second-order valence-electron chi connectivity index (χ2n) is 6.36. The van der Waals surface area contributed by atoms with E-state index in [9.17, 15) is 26.3 Å². The van der Waals surface area contributed by atoms with Crippen LogP contribution in [0, 0.1) is 6.92 Å². The monoisotopic (exact) mass is 432 g/mol. The summed E-state index contributed by atoms with van der Waals surface area (Å²) in [6.45, 7) is 0.880. The molecular weight excluding hydrogens is 418 g/mol. The third kappa shape index (κ3) is 5.23. The Morgan fingerprint density at radius 2 is 1.87 bits per heavy atom. The molecule has 160 valence electrons. The van der Waals surface area contributed by atoms with Gasteiger partial charge in [0, 0.05) is 17.4 Å². The lowest BCUT2D eigenvalue weighted by Gasteiger charge is -2.13. The molecule has 2 N–H and O–H groups in total. The van der Waals surface area contributed by atoms with Crippen LogP contribution in [-0.4, -0.2) is 42.3 Å². The Kier molecular flexibility index (Phi) is 5.65. The van der Waals surface area contributed by atoms with Gasteiger partial charge in [-0.1, -0.05) is 5.21 Å². The van der Waals surface area contributed by atoms with E-state index in [0.29, 0.717) is 16.8 Å². The Balaban J connectivity index is 1.83. The predicted octanol–water partition coefficient (Wildman–Crippen LogP) is 3.73. The van der Waals surface area contributed by atoms with Crippen molar-refractivity contribution in [2.45, 2.75) is 31.9 Å². The first-order valence-electron chi connectivity index (χ1n) is 8.36. The van der Waals surface area contributed by atoms with Crippen molar-refractivity contribution >= 4 is 11.6 Å². The van der Waals surface area contributed by atoms with E-state index < -0.39 is 30.7 Å². The van der Waals surface area contributed by atoms with E-state index in [1.165, 1.54) is 12.3 Å². The number of rotatable bonds is 5. The maximum Gasteiger partial charge on any atom is 0.433 e. The van der Waals surface area contributed by atoms with Crippen LogP contribution < -0.4 is 5.32 Å². The highest BCUT2D eigenvalue weighted by Crippen LogP contribution is 2.29. The highest BCUT2D eigenvalue weighted by atomic mass is 19.4. The normalized spacial score (nSPS) is 13.3. The molecule has 3 rings (SSSR count). The first-order chi connectivity index (χ1) is 13.9. The lowest BCUT2D eigenvalue weighted by Crippen LogP contribution is -2.32. The molecule has 0 aliphatic rings. The Morgan fingerprint density at radius 1 is 1.13 bits per heavy atom. The first kappa shape index (κ1) is 21.5. The summed E-state index contributed by atoms with van der Waals surface area (Å²) in [5.41, 5.74) is 0.568. The molecular formula is C17H14F6N6O. The largest absolute Gasteiger partial charge is 0.433 e. The van der Waals surface area contributed by atoms with Gasteiger partial charge in [0.2, 0.25) is 5.95 Å². The van der Waals surface area contributed by atoms with Crippen molar-refractivity contribution < 1.29 is 31.4 Å². The Labute approximate surface area is 165 Å². The second kappa shape index (κ2) is 7.89. The van der Waals surface area contributed by atoms with Crippen LogP contribution in [0.4, 0.5) is 38.0 Å². The molecule has 0 bridgehead atoms. The predicted molar refractivity (Wildman–Crippen MR) is 92.6 cm³/mol. The number of anilines is 2. The minimum Gasteiger partial charge on any atom is -0.382 e. The van der Waals surface area contributed by atoms with Gasteiger partial charge >= 0.3 is 12.4 Å². The summed E-state index contributed by atoms with van der Waals surface area (Å²) in [5.74, 6) is -0.279. The number of aliphatic hydroxyl groups is 1. The zero-order valence-electron chi connectivity index (χ0n) is 15.2. The van der Waals surface area contributed by atoms with Gasteiger partial charge in [-0.2, -0.15) is 26.3 Å². The maximum absolute atomic E-state index is 12.8. The third-order valence-corrected chi connectivity index (χ3v) is 3.85. The van der Waals surface area contributed by atoms with Crippen LogP contribution in [-0.2, 0) is 12.7 Å². The van der Waals surface area contributed by atoms with Gasteiger partial charge < -0.3 is 10.4 Å². The average molecular weight is 432 g/mol. The summed E-state index contributed by atoms with van der Waals surface area (Å²) in [4.78, 5) is 7.17. The zero-order chi connectivity index (χ0) is 22.1. The highest BCUT2D eigenvalue weighted by Gasteiger charge is 2.38. The number of benzene rings is 1. The van der Waals surface area contributed by atoms with E-state index in [0.717, 1.165) is 16.9 Å². The number of aromatic nitrogens is 5. The molecule has 0 saturated heterocycles. The van der Waals surface area contributed by atoms with Crippen molar-refractivity contribution in [1.82, 2.24) is 25.0 Å². The van der Waals surface area contributed by atoms with Gasteiger partial charge in [0.15, 0.2) is 6.10 Å². The Hall–Kier alpha value is -3.22. The number of hydrogen-bond donors (Lipinski definition) is 2. The van der Waals surface area contributed by atoms with Crippen LogP contribution in [0.25, 0.3) is 11.3 Å². The van der Waals surface area contributed by atoms with E-state index in [-0.39, 0.29) is 11.6 Å². The first-order valence-corrected chi connectivity index (χ1v) is 8.36. The molecule has 0 aliphatic heterocycles. The summed E-state index contributed by atoms with van der Waals surface area (Å²) in [6, 6.07) is 5.52. The smallest absolute Gasteiger partial charge is 0.382 e. The SMILES string of the molecule is Cc1cc(Nc2nccc(C(F)(F)F)n2)cc(-c2cn(CC(O)C(F)(F)F)nn2)c1. The molecule has 2 aromatic heterocycles.